The van der Waals surface area contributed by atoms with Gasteiger partial charge in [0.25, 0.3) is 0 Å². The largest absolute Gasteiger partial charge is 0.292 e. The van der Waals surface area contributed by atoms with E-state index in [-0.39, 0.29) is 11.2 Å². The summed E-state index contributed by atoms with van der Waals surface area (Å²) in [5.74, 6) is 0.803. The van der Waals surface area contributed by atoms with Gasteiger partial charge in [-0.1, -0.05) is 61.0 Å². The molecule has 5 aromatic rings. The molecule has 5 heteroatoms. The molecule has 0 radical (unpaired) electrons. The van der Waals surface area contributed by atoms with Gasteiger partial charge in [-0.3, -0.25) is 14.3 Å². The Kier molecular flexibility index (Phi) is 4.94. The number of aromatic nitrogens is 3. The highest BCUT2D eigenvalue weighted by molar-refractivity contribution is 9.10. The van der Waals surface area contributed by atoms with E-state index in [2.05, 4.69) is 63.4 Å². The van der Waals surface area contributed by atoms with Crippen LogP contribution in [0.25, 0.3) is 27.6 Å². The minimum absolute atomic E-state index is 0.00345. The molecule has 0 N–H and O–H groups in total. The van der Waals surface area contributed by atoms with E-state index < -0.39 is 0 Å². The molecule has 0 spiro atoms. The zero-order valence-electron chi connectivity index (χ0n) is 18.1. The second kappa shape index (κ2) is 7.68. The van der Waals surface area contributed by atoms with E-state index in [1.165, 1.54) is 5.56 Å². The zero-order chi connectivity index (χ0) is 22.5. The molecule has 0 saturated carbocycles. The minimum Gasteiger partial charge on any atom is -0.292 e. The van der Waals surface area contributed by atoms with Crippen molar-refractivity contribution in [1.82, 2.24) is 14.5 Å². The van der Waals surface area contributed by atoms with Crippen molar-refractivity contribution in [3.05, 3.63) is 100 Å². The maximum Gasteiger partial charge on any atom is 0.193 e. The lowest BCUT2D eigenvalue weighted by atomic mass is 9.88. The Labute approximate surface area is 195 Å². The number of carbonyl (C=O) groups excluding carboxylic acids is 1. The third-order valence-electron chi connectivity index (χ3n) is 5.76. The molecule has 0 bridgehead atoms. The van der Waals surface area contributed by atoms with Crippen molar-refractivity contribution in [3.8, 4) is 5.82 Å². The Balaban J connectivity index is 1.76. The van der Waals surface area contributed by atoms with Crippen molar-refractivity contribution in [2.24, 2.45) is 0 Å². The average Bonchev–Trinajstić information content (AvgIpc) is 3.12. The molecule has 0 aliphatic carbocycles. The van der Waals surface area contributed by atoms with Crippen LogP contribution in [-0.4, -0.2) is 20.3 Å². The lowest BCUT2D eigenvalue weighted by molar-refractivity contribution is 0.103. The number of pyridine rings is 2. The standard InChI is InChI=1S/C27H22BrN3O/c1-27(2,3)19-9-12-30-25(15-19)31-23-14-18(26(32)17-5-4-6-20(28)13-17)7-8-21(23)22-10-11-29-16-24(22)31/h4-16H,1-3H3. The van der Waals surface area contributed by atoms with Crippen molar-refractivity contribution in [2.75, 3.05) is 0 Å². The van der Waals surface area contributed by atoms with Crippen LogP contribution in [0.2, 0.25) is 0 Å². The maximum atomic E-state index is 13.2. The molecule has 4 nitrogen and oxygen atoms in total. The number of hydrogen-bond donors (Lipinski definition) is 0. The number of ketones is 1. The van der Waals surface area contributed by atoms with E-state index in [9.17, 15) is 4.79 Å². The number of halogens is 1. The predicted octanol–water partition coefficient (Wildman–Crippen LogP) is 6.86. The normalized spacial score (nSPS) is 11.9. The summed E-state index contributed by atoms with van der Waals surface area (Å²) < 4.78 is 2.98. The summed E-state index contributed by atoms with van der Waals surface area (Å²) in [7, 11) is 0. The van der Waals surface area contributed by atoms with E-state index in [0.717, 1.165) is 32.1 Å². The number of benzene rings is 2. The molecule has 0 atom stereocenters. The van der Waals surface area contributed by atoms with E-state index in [0.29, 0.717) is 11.1 Å². The highest BCUT2D eigenvalue weighted by Crippen LogP contribution is 2.33. The Morgan fingerprint density at radius 1 is 0.875 bits per heavy atom. The van der Waals surface area contributed by atoms with Gasteiger partial charge < -0.3 is 0 Å². The molecule has 0 saturated heterocycles. The van der Waals surface area contributed by atoms with Crippen LogP contribution in [-0.2, 0) is 5.41 Å². The first kappa shape index (κ1) is 20.6. The predicted molar refractivity (Wildman–Crippen MR) is 133 cm³/mol. The molecule has 0 unspecified atom stereocenters. The zero-order valence-corrected chi connectivity index (χ0v) is 19.7. The first-order valence-electron chi connectivity index (χ1n) is 10.5. The SMILES string of the molecule is CC(C)(C)c1ccnc(-n2c3cnccc3c3ccc(C(=O)c4cccc(Br)c4)cc32)c1. The molecule has 0 aliphatic rings. The van der Waals surface area contributed by atoms with E-state index in [1.807, 2.05) is 60.9 Å². The van der Waals surface area contributed by atoms with E-state index >= 15 is 0 Å². The third kappa shape index (κ3) is 3.53. The van der Waals surface area contributed by atoms with Gasteiger partial charge in [-0.05, 0) is 47.4 Å². The summed E-state index contributed by atoms with van der Waals surface area (Å²) in [5.41, 5.74) is 4.38. The molecule has 0 aliphatic heterocycles. The number of carbonyl (C=O) groups is 1. The lowest BCUT2D eigenvalue weighted by Gasteiger charge is -2.20. The average molecular weight is 484 g/mol. The van der Waals surface area contributed by atoms with Crippen molar-refractivity contribution in [3.63, 3.8) is 0 Å². The molecule has 32 heavy (non-hydrogen) atoms. The second-order valence-electron chi connectivity index (χ2n) is 8.95. The Bertz CT molecular complexity index is 1490. The van der Waals surface area contributed by atoms with Crippen molar-refractivity contribution in [2.45, 2.75) is 26.2 Å². The van der Waals surface area contributed by atoms with Crippen LogP contribution in [0.15, 0.2) is 83.7 Å². The minimum atomic E-state index is -0.0143. The summed E-state index contributed by atoms with van der Waals surface area (Å²) >= 11 is 3.46. The Morgan fingerprint density at radius 3 is 2.44 bits per heavy atom. The molecule has 0 fully saturated rings. The fraction of sp³-hybridized carbons (Fsp3) is 0.148. The molecule has 3 heterocycles. The van der Waals surface area contributed by atoms with Crippen LogP contribution in [0.1, 0.15) is 42.3 Å². The topological polar surface area (TPSA) is 47.8 Å². The molecule has 0 amide bonds. The van der Waals surface area contributed by atoms with Crippen molar-refractivity contribution >= 4 is 43.5 Å². The second-order valence-corrected chi connectivity index (χ2v) is 9.87. The molecule has 158 valence electrons. The fourth-order valence-corrected chi connectivity index (χ4v) is 4.46. The van der Waals surface area contributed by atoms with Gasteiger partial charge in [-0.15, -0.1) is 0 Å². The van der Waals surface area contributed by atoms with Gasteiger partial charge in [-0.2, -0.15) is 0 Å². The maximum absolute atomic E-state index is 13.2. The number of fused-ring (bicyclic) bond motifs is 3. The van der Waals surface area contributed by atoms with E-state index in [4.69, 9.17) is 0 Å². The van der Waals surface area contributed by atoms with Crippen molar-refractivity contribution in [1.29, 1.82) is 0 Å². The van der Waals surface area contributed by atoms with E-state index in [1.54, 1.807) is 6.20 Å². The molecule has 2 aromatic carbocycles. The summed E-state index contributed by atoms with van der Waals surface area (Å²) in [6.07, 6.45) is 5.50. The summed E-state index contributed by atoms with van der Waals surface area (Å²) in [6, 6.07) is 19.5. The van der Waals surface area contributed by atoms with Gasteiger partial charge in [0, 0.05) is 38.8 Å². The number of nitrogens with zero attached hydrogens (tertiary/aromatic N) is 3. The van der Waals surface area contributed by atoms with Gasteiger partial charge in [0.2, 0.25) is 0 Å². The van der Waals surface area contributed by atoms with Crippen LogP contribution >= 0.6 is 15.9 Å². The van der Waals surface area contributed by atoms with Crippen LogP contribution in [0.4, 0.5) is 0 Å². The highest BCUT2D eigenvalue weighted by atomic mass is 79.9. The first-order chi connectivity index (χ1) is 15.3. The van der Waals surface area contributed by atoms with Crippen LogP contribution < -0.4 is 0 Å². The highest BCUT2D eigenvalue weighted by Gasteiger charge is 2.19. The molecule has 5 rings (SSSR count). The van der Waals surface area contributed by atoms with Gasteiger partial charge in [0.1, 0.15) is 5.82 Å². The quantitative estimate of drug-likeness (QED) is 0.263. The number of hydrogen-bond acceptors (Lipinski definition) is 3. The molecular formula is C27H22BrN3O. The molecular weight excluding hydrogens is 462 g/mol. The van der Waals surface area contributed by atoms with Crippen LogP contribution in [0.5, 0.6) is 0 Å². The Hall–Kier alpha value is -3.31. The van der Waals surface area contributed by atoms with Crippen LogP contribution in [0.3, 0.4) is 0 Å². The summed E-state index contributed by atoms with van der Waals surface area (Å²) in [5, 5.41) is 2.15. The lowest BCUT2D eigenvalue weighted by Crippen LogP contribution is -2.12. The van der Waals surface area contributed by atoms with Gasteiger partial charge in [0.15, 0.2) is 5.78 Å². The summed E-state index contributed by atoms with van der Waals surface area (Å²) in [4.78, 5) is 22.3. The molecule has 3 aromatic heterocycles. The van der Waals surface area contributed by atoms with Crippen molar-refractivity contribution < 1.29 is 4.79 Å². The first-order valence-corrected chi connectivity index (χ1v) is 11.3. The smallest absolute Gasteiger partial charge is 0.193 e. The monoisotopic (exact) mass is 483 g/mol. The number of rotatable bonds is 3. The van der Waals surface area contributed by atoms with Gasteiger partial charge in [0.05, 0.1) is 17.2 Å². The Morgan fingerprint density at radius 2 is 1.66 bits per heavy atom. The summed E-state index contributed by atoms with van der Waals surface area (Å²) in [6.45, 7) is 6.57. The fourth-order valence-electron chi connectivity index (χ4n) is 4.06. The van der Waals surface area contributed by atoms with Gasteiger partial charge in [-0.25, -0.2) is 4.98 Å². The van der Waals surface area contributed by atoms with Gasteiger partial charge >= 0.3 is 0 Å². The third-order valence-corrected chi connectivity index (χ3v) is 6.25. The van der Waals surface area contributed by atoms with Crippen LogP contribution in [0, 0.1) is 0 Å².